The van der Waals surface area contributed by atoms with E-state index in [1.165, 1.54) is 25.3 Å². The minimum Gasteiger partial charge on any atom is -1.00 e. The predicted octanol–water partition coefficient (Wildman–Crippen LogP) is -1.56. The number of halogens is 1. The second kappa shape index (κ2) is 6.89. The molecule has 1 fully saturated rings. The Morgan fingerprint density at radius 2 is 1.62 bits per heavy atom. The van der Waals surface area contributed by atoms with Crippen LogP contribution in [-0.4, -0.2) is 27.2 Å². The van der Waals surface area contributed by atoms with E-state index in [1.54, 1.807) is 12.1 Å². The third kappa shape index (κ3) is 3.47. The summed E-state index contributed by atoms with van der Waals surface area (Å²) in [6.45, 7) is 0. The third-order valence-electron chi connectivity index (χ3n) is 2.54. The molecule has 0 atom stereocenters. The summed E-state index contributed by atoms with van der Waals surface area (Å²) < 4.78 is 0. The van der Waals surface area contributed by atoms with Crippen LogP contribution in [0.4, 0.5) is 0 Å². The fourth-order valence-corrected chi connectivity index (χ4v) is 4.19. The highest BCUT2D eigenvalue weighted by molar-refractivity contribution is 7.97. The zero-order valence-electron chi connectivity index (χ0n) is 8.95. The summed E-state index contributed by atoms with van der Waals surface area (Å²) in [5, 5.41) is 19.0. The van der Waals surface area contributed by atoms with Crippen LogP contribution in [0.3, 0.4) is 0 Å². The van der Waals surface area contributed by atoms with Crippen LogP contribution < -0.4 is 12.4 Å². The summed E-state index contributed by atoms with van der Waals surface area (Å²) >= 11 is 0. The summed E-state index contributed by atoms with van der Waals surface area (Å²) in [6.07, 6.45) is 3.81. The van der Waals surface area contributed by atoms with Gasteiger partial charge in [0.1, 0.15) is 17.3 Å². The topological polar surface area (TPSA) is 72.0 Å². The van der Waals surface area contributed by atoms with E-state index in [0.717, 1.165) is 16.4 Å². The molecule has 0 radical (unpaired) electrons. The first-order valence-electron chi connectivity index (χ1n) is 4.97. The minimum atomic E-state index is 0. The Kier molecular flexibility index (Phi) is 6.64. The summed E-state index contributed by atoms with van der Waals surface area (Å²) in [4.78, 5) is 0.949. The maximum Gasteiger partial charge on any atom is 0.200 e. The van der Waals surface area contributed by atoms with Crippen molar-refractivity contribution in [3.63, 3.8) is 0 Å². The lowest BCUT2D eigenvalue weighted by Crippen LogP contribution is -3.00. The van der Waals surface area contributed by atoms with Gasteiger partial charge in [-0.3, -0.25) is 0 Å². The molecule has 16 heavy (non-hydrogen) atoms. The Morgan fingerprint density at radius 3 is 2.25 bits per heavy atom. The standard InChI is InChI=1S/C11H14O2S.ClH.H2O/c12-9-4-5-10(13)11(8-9)14-6-2-1-3-7-14;;/h4-5,8H,1-3,6-7H2,(H-,12,13);1H;1H2. The summed E-state index contributed by atoms with van der Waals surface area (Å²) in [7, 11) is 0.160. The predicted molar refractivity (Wildman–Crippen MR) is 62.6 cm³/mol. The van der Waals surface area contributed by atoms with E-state index < -0.39 is 0 Å². The Balaban J connectivity index is 0.00000112. The lowest BCUT2D eigenvalue weighted by molar-refractivity contribution is -0.00000617. The van der Waals surface area contributed by atoms with Gasteiger partial charge in [-0.15, -0.1) is 0 Å². The number of phenolic OH excluding ortho intramolecular Hbond substituents is 2. The number of hydrogen-bond acceptors (Lipinski definition) is 2. The second-order valence-electron chi connectivity index (χ2n) is 3.61. The van der Waals surface area contributed by atoms with Gasteiger partial charge in [0, 0.05) is 17.0 Å². The monoisotopic (exact) mass is 264 g/mol. The average Bonchev–Trinajstić information content (AvgIpc) is 2.23. The summed E-state index contributed by atoms with van der Waals surface area (Å²) in [6, 6.07) is 4.84. The van der Waals surface area contributed by atoms with Crippen molar-refractivity contribution in [1.82, 2.24) is 0 Å². The molecule has 0 spiro atoms. The first kappa shape index (κ1) is 15.4. The lowest BCUT2D eigenvalue weighted by atomic mass is 10.3. The number of hydrogen-bond donors (Lipinski definition) is 2. The van der Waals surface area contributed by atoms with Gasteiger partial charge >= 0.3 is 0 Å². The van der Waals surface area contributed by atoms with Crippen molar-refractivity contribution >= 4 is 10.9 Å². The van der Waals surface area contributed by atoms with E-state index >= 15 is 0 Å². The molecule has 0 aromatic heterocycles. The summed E-state index contributed by atoms with van der Waals surface area (Å²) in [5.41, 5.74) is 0. The maximum absolute atomic E-state index is 9.68. The zero-order chi connectivity index (χ0) is 9.97. The van der Waals surface area contributed by atoms with Gasteiger partial charge < -0.3 is 28.1 Å². The Morgan fingerprint density at radius 1 is 1.00 bits per heavy atom. The average molecular weight is 265 g/mol. The minimum absolute atomic E-state index is 0. The number of benzene rings is 1. The molecule has 0 bridgehead atoms. The van der Waals surface area contributed by atoms with Gasteiger partial charge in [-0.1, -0.05) is 0 Å². The molecule has 4 N–H and O–H groups in total. The molecule has 0 unspecified atom stereocenters. The molecule has 5 heteroatoms. The fraction of sp³-hybridized carbons (Fsp3) is 0.455. The van der Waals surface area contributed by atoms with Crippen LogP contribution in [-0.2, 0) is 10.9 Å². The van der Waals surface area contributed by atoms with Crippen molar-refractivity contribution in [2.45, 2.75) is 24.2 Å². The molecule has 1 aromatic carbocycles. The van der Waals surface area contributed by atoms with Gasteiger partial charge in [-0.25, -0.2) is 0 Å². The van der Waals surface area contributed by atoms with E-state index in [9.17, 15) is 10.2 Å². The molecular formula is C11H17ClO3S. The van der Waals surface area contributed by atoms with E-state index in [-0.39, 0.29) is 34.5 Å². The largest absolute Gasteiger partial charge is 1.00 e. The van der Waals surface area contributed by atoms with Crippen LogP contribution in [0, 0.1) is 0 Å². The van der Waals surface area contributed by atoms with Crippen molar-refractivity contribution in [1.29, 1.82) is 0 Å². The fourth-order valence-electron chi connectivity index (χ4n) is 1.79. The van der Waals surface area contributed by atoms with Crippen LogP contribution in [0.15, 0.2) is 23.1 Å². The van der Waals surface area contributed by atoms with Crippen molar-refractivity contribution in [3.8, 4) is 11.5 Å². The normalized spacial score (nSPS) is 16.0. The number of phenols is 2. The Labute approximate surface area is 105 Å². The van der Waals surface area contributed by atoms with Gasteiger partial charge in [-0.2, -0.15) is 0 Å². The smallest absolute Gasteiger partial charge is 0.200 e. The van der Waals surface area contributed by atoms with E-state index in [0.29, 0.717) is 5.75 Å². The first-order valence-corrected chi connectivity index (χ1v) is 6.53. The van der Waals surface area contributed by atoms with Gasteiger partial charge in [0.2, 0.25) is 0 Å². The zero-order valence-corrected chi connectivity index (χ0v) is 10.5. The molecule has 0 saturated carbocycles. The molecule has 1 heterocycles. The highest BCUT2D eigenvalue weighted by atomic mass is 35.5. The molecule has 1 aliphatic rings. The SMILES string of the molecule is O.Oc1ccc(O)c([S+]2CCCCC2)c1.[Cl-]. The molecule has 1 aliphatic heterocycles. The first-order chi connectivity index (χ1) is 6.77. The van der Waals surface area contributed by atoms with E-state index in [4.69, 9.17) is 0 Å². The van der Waals surface area contributed by atoms with Crippen LogP contribution in [0.2, 0.25) is 0 Å². The number of rotatable bonds is 1. The molecule has 1 aromatic rings. The molecule has 1 saturated heterocycles. The number of aromatic hydroxyl groups is 2. The van der Waals surface area contributed by atoms with Crippen molar-refractivity contribution in [2.75, 3.05) is 11.5 Å². The van der Waals surface area contributed by atoms with Crippen molar-refractivity contribution in [2.24, 2.45) is 0 Å². The highest BCUT2D eigenvalue weighted by Gasteiger charge is 2.27. The van der Waals surface area contributed by atoms with Gasteiger partial charge in [-0.05, 0) is 31.4 Å². The molecular weight excluding hydrogens is 248 g/mol. The third-order valence-corrected chi connectivity index (χ3v) is 5.05. The molecule has 0 amide bonds. The quantitative estimate of drug-likeness (QED) is 0.476. The second-order valence-corrected chi connectivity index (χ2v) is 5.86. The molecule has 3 nitrogen and oxygen atoms in total. The Hall–Kier alpha value is -0.580. The maximum atomic E-state index is 9.68. The van der Waals surface area contributed by atoms with Crippen LogP contribution in [0.5, 0.6) is 11.5 Å². The molecule has 2 rings (SSSR count). The lowest BCUT2D eigenvalue weighted by Gasteiger charge is -2.14. The molecule has 92 valence electrons. The van der Waals surface area contributed by atoms with Crippen LogP contribution in [0.1, 0.15) is 19.3 Å². The van der Waals surface area contributed by atoms with Gasteiger partial charge in [0.15, 0.2) is 10.6 Å². The van der Waals surface area contributed by atoms with E-state index in [2.05, 4.69) is 0 Å². The highest BCUT2D eigenvalue weighted by Crippen LogP contribution is 2.31. The van der Waals surface area contributed by atoms with Crippen LogP contribution >= 0.6 is 0 Å². The molecule has 0 aliphatic carbocycles. The van der Waals surface area contributed by atoms with Crippen LogP contribution in [0.25, 0.3) is 0 Å². The summed E-state index contributed by atoms with van der Waals surface area (Å²) in [5.74, 6) is 2.93. The van der Waals surface area contributed by atoms with Gasteiger partial charge in [0.25, 0.3) is 0 Å². The van der Waals surface area contributed by atoms with Crippen molar-refractivity contribution < 1.29 is 28.1 Å². The van der Waals surface area contributed by atoms with E-state index in [1.807, 2.05) is 0 Å². The van der Waals surface area contributed by atoms with Crippen molar-refractivity contribution in [3.05, 3.63) is 18.2 Å². The van der Waals surface area contributed by atoms with Gasteiger partial charge in [0.05, 0.1) is 0 Å². The Bertz CT molecular complexity index is 327.